The average Bonchev–Trinajstić information content (AvgIpc) is 3.42. The highest BCUT2D eigenvalue weighted by Gasteiger charge is 2.51. The molecule has 5 atom stereocenters. The number of amides is 2. The van der Waals surface area contributed by atoms with E-state index in [0.717, 1.165) is 5.52 Å². The van der Waals surface area contributed by atoms with Gasteiger partial charge in [-0.2, -0.15) is 0 Å². The molecule has 10 nitrogen and oxygen atoms in total. The van der Waals surface area contributed by atoms with Crippen molar-refractivity contribution in [1.29, 1.82) is 0 Å². The molecule has 3 aromatic rings. The van der Waals surface area contributed by atoms with Crippen molar-refractivity contribution in [3.8, 4) is 11.5 Å². The number of ether oxygens (including phenoxy) is 4. The summed E-state index contributed by atoms with van der Waals surface area (Å²) in [5.74, 6) is 1.09. The van der Waals surface area contributed by atoms with E-state index < -0.39 is 36.6 Å². The molecule has 0 saturated carbocycles. The lowest BCUT2D eigenvalue weighted by molar-refractivity contribution is -0.162. The van der Waals surface area contributed by atoms with Crippen molar-refractivity contribution in [2.75, 3.05) is 26.1 Å². The molecular weight excluding hydrogens is 416 g/mol. The molecule has 168 valence electrons. The van der Waals surface area contributed by atoms with E-state index in [1.165, 1.54) is 0 Å². The summed E-state index contributed by atoms with van der Waals surface area (Å²) in [6.07, 6.45) is -0.495. The van der Waals surface area contributed by atoms with E-state index in [-0.39, 0.29) is 6.61 Å². The lowest BCUT2D eigenvalue weighted by atomic mass is 9.95. The molecule has 0 aliphatic carbocycles. The number of anilines is 1. The fourth-order valence-electron chi connectivity index (χ4n) is 4.31. The summed E-state index contributed by atoms with van der Waals surface area (Å²) < 4.78 is 24.4. The Labute approximate surface area is 184 Å². The molecule has 0 spiro atoms. The maximum absolute atomic E-state index is 12.6. The quantitative estimate of drug-likeness (QED) is 0.555. The Morgan fingerprint density at radius 3 is 2.69 bits per heavy atom. The number of urea groups is 1. The number of nitrogens with zero attached hydrogens (tertiary/aromatic N) is 2. The van der Waals surface area contributed by atoms with Gasteiger partial charge in [0.25, 0.3) is 0 Å². The van der Waals surface area contributed by atoms with Crippen LogP contribution in [0.5, 0.6) is 11.5 Å². The number of aliphatic hydroxyl groups is 1. The van der Waals surface area contributed by atoms with Crippen molar-refractivity contribution < 1.29 is 28.8 Å². The molecule has 10 heteroatoms. The van der Waals surface area contributed by atoms with Gasteiger partial charge in [0.05, 0.1) is 44.2 Å². The van der Waals surface area contributed by atoms with Crippen LogP contribution in [-0.4, -0.2) is 66.1 Å². The molecule has 2 fully saturated rings. The third kappa shape index (κ3) is 3.52. The summed E-state index contributed by atoms with van der Waals surface area (Å²) in [5, 5.41) is 16.9. The van der Waals surface area contributed by atoms with Crippen molar-refractivity contribution in [2.45, 2.75) is 30.6 Å². The molecular formula is C22H24N4O6. The molecule has 3 N–H and O–H groups in total. The van der Waals surface area contributed by atoms with E-state index in [9.17, 15) is 9.90 Å². The number of imidazole rings is 1. The Morgan fingerprint density at radius 2 is 1.94 bits per heavy atom. The number of fused-ring (bicyclic) bond motifs is 3. The van der Waals surface area contributed by atoms with E-state index in [2.05, 4.69) is 15.6 Å². The molecule has 2 aliphatic heterocycles. The van der Waals surface area contributed by atoms with Crippen LogP contribution in [0.15, 0.2) is 48.8 Å². The highest BCUT2D eigenvalue weighted by molar-refractivity contribution is 5.89. The second kappa shape index (κ2) is 8.30. The Hall–Kier alpha value is -3.34. The summed E-state index contributed by atoms with van der Waals surface area (Å²) in [7, 11) is 3.11. The molecule has 3 heterocycles. The minimum atomic E-state index is -0.978. The minimum absolute atomic E-state index is 0.262. The molecule has 2 bridgehead atoms. The number of methoxy groups -OCH3 is 2. The molecule has 2 amide bonds. The first-order valence-corrected chi connectivity index (χ1v) is 10.3. The van der Waals surface area contributed by atoms with Gasteiger partial charge in [0.15, 0.2) is 17.8 Å². The minimum Gasteiger partial charge on any atom is -0.493 e. The Balaban J connectivity index is 1.43. The third-order valence-corrected chi connectivity index (χ3v) is 5.86. The number of benzene rings is 2. The van der Waals surface area contributed by atoms with Crippen LogP contribution in [0.25, 0.3) is 11.0 Å². The Kier molecular flexibility index (Phi) is 5.33. The van der Waals surface area contributed by atoms with Gasteiger partial charge in [-0.25, -0.2) is 9.78 Å². The number of hydrogen-bond acceptors (Lipinski definition) is 7. The monoisotopic (exact) mass is 440 g/mol. The topological polar surface area (TPSA) is 116 Å². The number of carbonyl (C=O) groups is 1. The normalized spacial score (nSPS) is 26.7. The first-order chi connectivity index (χ1) is 15.6. The van der Waals surface area contributed by atoms with Gasteiger partial charge in [-0.15, -0.1) is 0 Å². The van der Waals surface area contributed by atoms with Crippen molar-refractivity contribution >= 4 is 22.8 Å². The summed E-state index contributed by atoms with van der Waals surface area (Å²) in [4.78, 5) is 17.0. The Bertz CT molecular complexity index is 1120. The average molecular weight is 440 g/mol. The zero-order chi connectivity index (χ0) is 22.2. The number of nitrogens with one attached hydrogen (secondary N) is 2. The van der Waals surface area contributed by atoms with Crippen LogP contribution in [-0.2, 0) is 9.47 Å². The predicted molar refractivity (Wildman–Crippen MR) is 115 cm³/mol. The SMILES string of the molecule is COc1cc2ncn([C@H]3[C@@H]4OC[C@@H](O4)[C@@H](NC(=O)Nc4ccccc4)[C@@H]3O)c2cc1OC. The van der Waals surface area contributed by atoms with Crippen LogP contribution in [0, 0.1) is 0 Å². The number of aliphatic hydroxyl groups excluding tert-OH is 1. The molecule has 2 saturated heterocycles. The summed E-state index contributed by atoms with van der Waals surface area (Å²) in [6.45, 7) is 0.262. The first-order valence-electron chi connectivity index (χ1n) is 10.3. The van der Waals surface area contributed by atoms with Crippen LogP contribution in [0.4, 0.5) is 10.5 Å². The fourth-order valence-corrected chi connectivity index (χ4v) is 4.31. The maximum atomic E-state index is 12.6. The van der Waals surface area contributed by atoms with Crippen molar-refractivity contribution in [3.05, 3.63) is 48.8 Å². The van der Waals surface area contributed by atoms with E-state index in [4.69, 9.17) is 18.9 Å². The zero-order valence-electron chi connectivity index (χ0n) is 17.6. The molecule has 0 radical (unpaired) electrons. The van der Waals surface area contributed by atoms with Gasteiger partial charge in [0.1, 0.15) is 18.2 Å². The molecule has 1 aromatic heterocycles. The number of hydrogen-bond donors (Lipinski definition) is 3. The van der Waals surface area contributed by atoms with E-state index >= 15 is 0 Å². The van der Waals surface area contributed by atoms with Gasteiger partial charge >= 0.3 is 6.03 Å². The van der Waals surface area contributed by atoms with Crippen molar-refractivity contribution in [2.24, 2.45) is 0 Å². The fraction of sp³-hybridized carbons (Fsp3) is 0.364. The van der Waals surface area contributed by atoms with E-state index in [1.54, 1.807) is 49.4 Å². The maximum Gasteiger partial charge on any atom is 0.319 e. The Morgan fingerprint density at radius 1 is 1.19 bits per heavy atom. The largest absolute Gasteiger partial charge is 0.493 e. The van der Waals surface area contributed by atoms with Crippen LogP contribution in [0.1, 0.15) is 6.04 Å². The molecule has 2 aromatic carbocycles. The van der Waals surface area contributed by atoms with E-state index in [0.29, 0.717) is 22.7 Å². The lowest BCUT2D eigenvalue weighted by Gasteiger charge is -2.39. The number of carbonyl (C=O) groups excluding carboxylic acids is 1. The van der Waals surface area contributed by atoms with Crippen LogP contribution >= 0.6 is 0 Å². The lowest BCUT2D eigenvalue weighted by Crippen LogP contribution is -2.59. The smallest absolute Gasteiger partial charge is 0.319 e. The predicted octanol–water partition coefficient (Wildman–Crippen LogP) is 1.90. The van der Waals surface area contributed by atoms with Gasteiger partial charge < -0.3 is 39.3 Å². The summed E-state index contributed by atoms with van der Waals surface area (Å²) in [6, 6.07) is 10.9. The number of rotatable bonds is 5. The van der Waals surface area contributed by atoms with E-state index in [1.807, 2.05) is 18.2 Å². The summed E-state index contributed by atoms with van der Waals surface area (Å²) in [5.41, 5.74) is 2.04. The number of para-hydroxylation sites is 1. The van der Waals surface area contributed by atoms with Crippen molar-refractivity contribution in [3.63, 3.8) is 0 Å². The molecule has 32 heavy (non-hydrogen) atoms. The third-order valence-electron chi connectivity index (χ3n) is 5.86. The van der Waals surface area contributed by atoms with Crippen molar-refractivity contribution in [1.82, 2.24) is 14.9 Å². The second-order valence-electron chi connectivity index (χ2n) is 7.70. The highest BCUT2D eigenvalue weighted by atomic mass is 16.7. The van der Waals surface area contributed by atoms with Crippen LogP contribution in [0.3, 0.4) is 0 Å². The van der Waals surface area contributed by atoms with Gasteiger partial charge in [-0.3, -0.25) is 0 Å². The number of aromatic nitrogens is 2. The standard InChI is InChI=1S/C22H24N4O6/c1-29-15-8-13-14(9-16(15)30-2)26(11-23-13)19-20(27)18(17-10-31-21(19)32-17)25-22(28)24-12-6-4-3-5-7-12/h3-9,11,17-21,27H,10H2,1-2H3,(H2,24,25,28)/t17-,18-,19-,20+,21-/m1/s1. The molecule has 5 rings (SSSR count). The second-order valence-corrected chi connectivity index (χ2v) is 7.70. The van der Waals surface area contributed by atoms with Gasteiger partial charge in [-0.05, 0) is 12.1 Å². The highest BCUT2D eigenvalue weighted by Crippen LogP contribution is 2.39. The zero-order valence-corrected chi connectivity index (χ0v) is 17.6. The molecule has 2 aliphatic rings. The van der Waals surface area contributed by atoms with Crippen LogP contribution < -0.4 is 20.1 Å². The van der Waals surface area contributed by atoms with Crippen LogP contribution in [0.2, 0.25) is 0 Å². The van der Waals surface area contributed by atoms with Gasteiger partial charge in [0.2, 0.25) is 0 Å². The first kappa shape index (κ1) is 20.6. The van der Waals surface area contributed by atoms with Gasteiger partial charge in [-0.1, -0.05) is 18.2 Å². The molecule has 0 unspecified atom stereocenters. The van der Waals surface area contributed by atoms with Gasteiger partial charge in [0, 0.05) is 17.8 Å². The summed E-state index contributed by atoms with van der Waals surface area (Å²) >= 11 is 0.